The third kappa shape index (κ3) is 3.73. The Balaban J connectivity index is 4.86. The molecule has 1 unspecified atom stereocenters. The molecule has 4 nitrogen and oxygen atoms in total. The van der Waals surface area contributed by atoms with Gasteiger partial charge in [-0.3, -0.25) is 9.69 Å². The fraction of sp³-hybridized carbons (Fsp3) is 0.636. The fourth-order valence-electron chi connectivity index (χ4n) is 1.49. The summed E-state index contributed by atoms with van der Waals surface area (Å²) in [5, 5.41) is 9.04. The molecule has 0 aromatic carbocycles. The van der Waals surface area contributed by atoms with Crippen LogP contribution in [0.2, 0.25) is 0 Å². The molecule has 4 heteroatoms. The van der Waals surface area contributed by atoms with Crippen LogP contribution in [0, 0.1) is 0 Å². The van der Waals surface area contributed by atoms with Crippen molar-refractivity contribution in [2.75, 3.05) is 0 Å². The van der Waals surface area contributed by atoms with E-state index < -0.39 is 17.7 Å². The van der Waals surface area contributed by atoms with E-state index in [0.29, 0.717) is 0 Å². The normalized spacial score (nSPS) is 13.1. The van der Waals surface area contributed by atoms with E-state index in [1.807, 2.05) is 0 Å². The molecule has 0 aromatic heterocycles. The predicted octanol–water partition coefficient (Wildman–Crippen LogP) is 2.30. The van der Waals surface area contributed by atoms with Gasteiger partial charge in [-0.25, -0.2) is 4.79 Å². The Morgan fingerprint density at radius 2 is 1.93 bits per heavy atom. The zero-order chi connectivity index (χ0) is 12.2. The van der Waals surface area contributed by atoms with Crippen molar-refractivity contribution in [2.24, 2.45) is 0 Å². The maximum Gasteiger partial charge on any atom is 0.408 e. The molecular formula is C11H19NO3. The molecule has 0 spiro atoms. The van der Waals surface area contributed by atoms with E-state index >= 15 is 0 Å². The number of carbonyl (C=O) groups excluding carboxylic acids is 1. The first-order valence-corrected chi connectivity index (χ1v) is 4.87. The Hall–Kier alpha value is -1.32. The van der Waals surface area contributed by atoms with Crippen molar-refractivity contribution in [3.05, 3.63) is 12.7 Å². The highest BCUT2D eigenvalue weighted by molar-refractivity contribution is 5.87. The Morgan fingerprint density at radius 3 is 2.20 bits per heavy atom. The molecule has 0 radical (unpaired) electrons. The third-order valence-corrected chi connectivity index (χ3v) is 2.13. The molecule has 0 saturated carbocycles. The highest BCUT2D eigenvalue weighted by Gasteiger charge is 2.33. The Bertz CT molecular complexity index is 265. The molecule has 1 amide bonds. The van der Waals surface area contributed by atoms with Gasteiger partial charge < -0.3 is 5.11 Å². The first-order chi connectivity index (χ1) is 6.71. The van der Waals surface area contributed by atoms with Crippen molar-refractivity contribution in [3.63, 3.8) is 0 Å². The summed E-state index contributed by atoms with van der Waals surface area (Å²) in [4.78, 5) is 23.8. The summed E-state index contributed by atoms with van der Waals surface area (Å²) in [5.41, 5.74) is -0.581. The van der Waals surface area contributed by atoms with Gasteiger partial charge in [0.05, 0.1) is 6.04 Å². The van der Waals surface area contributed by atoms with Crippen LogP contribution in [-0.2, 0) is 4.79 Å². The van der Waals surface area contributed by atoms with Crippen LogP contribution in [0.15, 0.2) is 12.7 Å². The number of carbonyl (C=O) groups is 2. The molecule has 1 atom stereocenters. The molecular weight excluding hydrogens is 194 g/mol. The van der Waals surface area contributed by atoms with E-state index in [9.17, 15) is 9.59 Å². The molecule has 0 aromatic rings. The Labute approximate surface area is 90.6 Å². The zero-order valence-corrected chi connectivity index (χ0v) is 9.78. The number of rotatable bonds is 4. The van der Waals surface area contributed by atoms with Gasteiger partial charge in [-0.1, -0.05) is 6.08 Å². The molecule has 0 aliphatic rings. The molecule has 0 rings (SSSR count). The maximum absolute atomic E-state index is 11.6. The average Bonchev–Trinajstić information content (AvgIpc) is 2.00. The molecule has 1 N–H and O–H groups in total. The highest BCUT2D eigenvalue weighted by atomic mass is 16.4. The number of carboxylic acid groups (broad SMARTS) is 1. The van der Waals surface area contributed by atoms with Gasteiger partial charge in [-0.2, -0.15) is 0 Å². The maximum atomic E-state index is 11.6. The number of amides is 1. The summed E-state index contributed by atoms with van der Waals surface area (Å²) in [5.74, 6) is -0.137. The van der Waals surface area contributed by atoms with Gasteiger partial charge in [0.15, 0.2) is 5.78 Å². The minimum atomic E-state index is -1.08. The minimum Gasteiger partial charge on any atom is -0.465 e. The first kappa shape index (κ1) is 13.7. The van der Waals surface area contributed by atoms with Crippen molar-refractivity contribution in [2.45, 2.75) is 45.7 Å². The van der Waals surface area contributed by atoms with Crippen LogP contribution < -0.4 is 0 Å². The standard InChI is InChI=1S/C11H19NO3/c1-6-7-9(13)8(2)12(10(14)15)11(3,4)5/h6,8H,1,7H2,2-5H3,(H,14,15). The van der Waals surface area contributed by atoms with Crippen molar-refractivity contribution in [1.82, 2.24) is 4.90 Å². The fourth-order valence-corrected chi connectivity index (χ4v) is 1.49. The molecule has 0 bridgehead atoms. The minimum absolute atomic E-state index is 0.137. The molecule has 86 valence electrons. The van der Waals surface area contributed by atoms with E-state index in [1.54, 1.807) is 27.7 Å². The van der Waals surface area contributed by atoms with E-state index in [1.165, 1.54) is 11.0 Å². The predicted molar refractivity (Wildman–Crippen MR) is 58.9 cm³/mol. The molecule has 0 heterocycles. The smallest absolute Gasteiger partial charge is 0.408 e. The first-order valence-electron chi connectivity index (χ1n) is 4.87. The Kier molecular flexibility index (Phi) is 4.52. The molecule has 0 aliphatic carbocycles. The Morgan fingerprint density at radius 1 is 1.47 bits per heavy atom. The summed E-state index contributed by atoms with van der Waals surface area (Å²) >= 11 is 0. The summed E-state index contributed by atoms with van der Waals surface area (Å²) in [6.45, 7) is 10.4. The van der Waals surface area contributed by atoms with Crippen LogP contribution in [-0.4, -0.2) is 33.5 Å². The largest absolute Gasteiger partial charge is 0.465 e. The number of hydrogen-bond acceptors (Lipinski definition) is 2. The number of Topliss-reactive ketones (excluding diaryl/α,β-unsaturated/α-hetero) is 1. The second kappa shape index (κ2) is 4.96. The number of hydrogen-bond donors (Lipinski definition) is 1. The lowest BCUT2D eigenvalue weighted by molar-refractivity contribution is -0.123. The van der Waals surface area contributed by atoms with Crippen LogP contribution >= 0.6 is 0 Å². The van der Waals surface area contributed by atoms with Crippen LogP contribution in [0.25, 0.3) is 0 Å². The highest BCUT2D eigenvalue weighted by Crippen LogP contribution is 2.18. The molecule has 0 saturated heterocycles. The zero-order valence-electron chi connectivity index (χ0n) is 9.78. The van der Waals surface area contributed by atoms with Gasteiger partial charge in [-0.15, -0.1) is 6.58 Å². The van der Waals surface area contributed by atoms with Gasteiger partial charge in [0.25, 0.3) is 0 Å². The van der Waals surface area contributed by atoms with E-state index in [2.05, 4.69) is 6.58 Å². The topological polar surface area (TPSA) is 57.6 Å². The van der Waals surface area contributed by atoms with E-state index in [-0.39, 0.29) is 12.2 Å². The van der Waals surface area contributed by atoms with Crippen molar-refractivity contribution >= 4 is 11.9 Å². The van der Waals surface area contributed by atoms with Gasteiger partial charge in [-0.05, 0) is 27.7 Å². The van der Waals surface area contributed by atoms with Gasteiger partial charge in [0, 0.05) is 12.0 Å². The molecule has 0 aliphatic heterocycles. The lowest BCUT2D eigenvalue weighted by Crippen LogP contribution is -2.52. The quantitative estimate of drug-likeness (QED) is 0.729. The second-order valence-corrected chi connectivity index (χ2v) is 4.46. The van der Waals surface area contributed by atoms with Gasteiger partial charge in [0.1, 0.15) is 0 Å². The van der Waals surface area contributed by atoms with Crippen LogP contribution in [0.4, 0.5) is 4.79 Å². The van der Waals surface area contributed by atoms with Crippen molar-refractivity contribution in [3.8, 4) is 0 Å². The lowest BCUT2D eigenvalue weighted by Gasteiger charge is -2.37. The SMILES string of the molecule is C=CCC(=O)C(C)N(C(=O)O)C(C)(C)C. The van der Waals surface area contributed by atoms with Gasteiger partial charge >= 0.3 is 6.09 Å². The lowest BCUT2D eigenvalue weighted by atomic mass is 10.0. The monoisotopic (exact) mass is 213 g/mol. The van der Waals surface area contributed by atoms with Crippen molar-refractivity contribution in [1.29, 1.82) is 0 Å². The van der Waals surface area contributed by atoms with Crippen LogP contribution in [0.1, 0.15) is 34.1 Å². The van der Waals surface area contributed by atoms with Crippen LogP contribution in [0.5, 0.6) is 0 Å². The van der Waals surface area contributed by atoms with Crippen LogP contribution in [0.3, 0.4) is 0 Å². The number of ketones is 1. The summed E-state index contributed by atoms with van der Waals surface area (Å²) in [6, 6.07) is -0.638. The third-order valence-electron chi connectivity index (χ3n) is 2.13. The summed E-state index contributed by atoms with van der Waals surface area (Å²) < 4.78 is 0. The summed E-state index contributed by atoms with van der Waals surface area (Å²) in [7, 11) is 0. The van der Waals surface area contributed by atoms with E-state index in [0.717, 1.165) is 0 Å². The number of allylic oxidation sites excluding steroid dienone is 1. The summed E-state index contributed by atoms with van der Waals surface area (Å²) in [6.07, 6.45) is 0.607. The van der Waals surface area contributed by atoms with Crippen molar-refractivity contribution < 1.29 is 14.7 Å². The molecule has 15 heavy (non-hydrogen) atoms. The average molecular weight is 213 g/mol. The van der Waals surface area contributed by atoms with E-state index in [4.69, 9.17) is 5.11 Å². The number of nitrogens with zero attached hydrogens (tertiary/aromatic N) is 1. The van der Waals surface area contributed by atoms with Gasteiger partial charge in [0.2, 0.25) is 0 Å². The molecule has 0 fully saturated rings. The second-order valence-electron chi connectivity index (χ2n) is 4.46.